The summed E-state index contributed by atoms with van der Waals surface area (Å²) in [5, 5.41) is 6.16. The lowest BCUT2D eigenvalue weighted by atomic mass is 10.1. The number of ether oxygens (including phenoxy) is 1. The number of benzene rings is 2. The molecule has 3 aromatic rings. The summed E-state index contributed by atoms with van der Waals surface area (Å²) >= 11 is 6.21. The van der Waals surface area contributed by atoms with E-state index in [9.17, 15) is 4.79 Å². The van der Waals surface area contributed by atoms with Crippen molar-refractivity contribution in [3.63, 3.8) is 0 Å². The molecule has 3 atom stereocenters. The Morgan fingerprint density at radius 1 is 1.18 bits per heavy atom. The molecule has 3 heterocycles. The van der Waals surface area contributed by atoms with E-state index in [0.717, 1.165) is 47.9 Å². The maximum atomic E-state index is 12.9. The second-order valence-corrected chi connectivity index (χ2v) is 8.45. The lowest BCUT2D eigenvalue weighted by Gasteiger charge is -2.33. The number of nitrogens with one attached hydrogen (secondary N) is 1. The number of amides is 1. The van der Waals surface area contributed by atoms with Crippen LogP contribution in [0.1, 0.15) is 13.3 Å². The lowest BCUT2D eigenvalue weighted by molar-refractivity contribution is -0.122. The van der Waals surface area contributed by atoms with Gasteiger partial charge in [-0.1, -0.05) is 29.8 Å². The van der Waals surface area contributed by atoms with Crippen LogP contribution in [-0.4, -0.2) is 53.3 Å². The average Bonchev–Trinajstić information content (AvgIpc) is 3.20. The van der Waals surface area contributed by atoms with Crippen molar-refractivity contribution in [3.8, 4) is 0 Å². The third-order valence-corrected chi connectivity index (χ3v) is 6.23. The maximum Gasteiger partial charge on any atom is 0.240 e. The molecule has 0 spiro atoms. The smallest absolute Gasteiger partial charge is 0.240 e. The molecule has 1 amide bonds. The minimum absolute atomic E-state index is 0.0522. The van der Waals surface area contributed by atoms with E-state index in [1.165, 1.54) is 0 Å². The normalized spacial score (nSPS) is 25.3. The molecule has 5 nitrogen and oxygen atoms in total. The fourth-order valence-corrected chi connectivity index (χ4v) is 4.93. The van der Waals surface area contributed by atoms with Gasteiger partial charge in [0.2, 0.25) is 5.91 Å². The van der Waals surface area contributed by atoms with Crippen molar-refractivity contribution in [3.05, 3.63) is 47.5 Å². The second kappa shape index (κ2) is 7.07. The molecule has 2 aliphatic heterocycles. The van der Waals surface area contributed by atoms with Crippen molar-refractivity contribution in [1.29, 1.82) is 0 Å². The van der Waals surface area contributed by atoms with Crippen molar-refractivity contribution in [2.45, 2.75) is 38.1 Å². The van der Waals surface area contributed by atoms with Crippen LogP contribution in [0.25, 0.3) is 21.8 Å². The molecule has 0 radical (unpaired) electrons. The highest BCUT2D eigenvalue weighted by Crippen LogP contribution is 2.31. The summed E-state index contributed by atoms with van der Waals surface area (Å²) < 4.78 is 7.85. The molecule has 2 fully saturated rings. The number of aromatic nitrogens is 1. The molecule has 0 aliphatic carbocycles. The van der Waals surface area contributed by atoms with Gasteiger partial charge in [-0.25, -0.2) is 0 Å². The first-order valence-corrected chi connectivity index (χ1v) is 10.3. The van der Waals surface area contributed by atoms with Gasteiger partial charge in [0.05, 0.1) is 12.7 Å². The van der Waals surface area contributed by atoms with Gasteiger partial charge in [0.1, 0.15) is 6.54 Å². The summed E-state index contributed by atoms with van der Waals surface area (Å²) in [6.07, 6.45) is 1.23. The van der Waals surface area contributed by atoms with Gasteiger partial charge < -0.3 is 14.6 Å². The van der Waals surface area contributed by atoms with E-state index in [0.29, 0.717) is 17.6 Å². The first kappa shape index (κ1) is 18.0. The summed E-state index contributed by atoms with van der Waals surface area (Å²) in [4.78, 5) is 15.3. The Balaban J connectivity index is 1.37. The molecule has 2 aromatic carbocycles. The Labute approximate surface area is 169 Å². The number of hydrogen-bond donors (Lipinski definition) is 1. The van der Waals surface area contributed by atoms with Gasteiger partial charge in [0.25, 0.3) is 0 Å². The minimum atomic E-state index is 0.0522. The van der Waals surface area contributed by atoms with E-state index in [-0.39, 0.29) is 18.1 Å². The summed E-state index contributed by atoms with van der Waals surface area (Å²) in [5.74, 6) is 0.0522. The van der Waals surface area contributed by atoms with E-state index in [1.54, 1.807) is 0 Å². The maximum absolute atomic E-state index is 12.9. The number of carbonyl (C=O) groups is 1. The third kappa shape index (κ3) is 3.17. The zero-order chi connectivity index (χ0) is 19.3. The number of halogens is 1. The first-order valence-electron chi connectivity index (χ1n) is 9.90. The predicted molar refractivity (Wildman–Crippen MR) is 112 cm³/mol. The summed E-state index contributed by atoms with van der Waals surface area (Å²) in [7, 11) is 0. The van der Waals surface area contributed by atoms with Gasteiger partial charge in [0, 0.05) is 52.0 Å². The fraction of sp³-hybridized carbons (Fsp3) is 0.409. The monoisotopic (exact) mass is 397 g/mol. The van der Waals surface area contributed by atoms with Gasteiger partial charge in [-0.2, -0.15) is 0 Å². The van der Waals surface area contributed by atoms with Gasteiger partial charge in [-0.15, -0.1) is 0 Å². The molecule has 1 aromatic heterocycles. The zero-order valence-corrected chi connectivity index (χ0v) is 16.7. The van der Waals surface area contributed by atoms with E-state index in [1.807, 2.05) is 30.3 Å². The highest BCUT2D eigenvalue weighted by atomic mass is 35.5. The molecule has 5 rings (SSSR count). The van der Waals surface area contributed by atoms with Crippen LogP contribution < -0.4 is 5.32 Å². The first-order chi connectivity index (χ1) is 13.6. The van der Waals surface area contributed by atoms with Gasteiger partial charge in [-0.3, -0.25) is 9.69 Å². The molecule has 0 unspecified atom stereocenters. The number of rotatable bonds is 3. The molecule has 1 N–H and O–H groups in total. The van der Waals surface area contributed by atoms with E-state index in [2.05, 4.69) is 33.8 Å². The topological polar surface area (TPSA) is 46.5 Å². The van der Waals surface area contributed by atoms with Gasteiger partial charge in [-0.05, 0) is 37.6 Å². The van der Waals surface area contributed by atoms with Crippen molar-refractivity contribution in [2.24, 2.45) is 0 Å². The number of para-hydroxylation sites is 1. The van der Waals surface area contributed by atoms with Crippen LogP contribution in [0, 0.1) is 0 Å². The van der Waals surface area contributed by atoms with Crippen LogP contribution in [0.2, 0.25) is 5.02 Å². The number of fused-ring (bicyclic) bond motifs is 4. The Morgan fingerprint density at radius 2 is 2.00 bits per heavy atom. The van der Waals surface area contributed by atoms with Crippen LogP contribution in [0.3, 0.4) is 0 Å². The van der Waals surface area contributed by atoms with Gasteiger partial charge >= 0.3 is 0 Å². The zero-order valence-electron chi connectivity index (χ0n) is 15.9. The molecule has 2 saturated heterocycles. The molecule has 0 bridgehead atoms. The highest BCUT2D eigenvalue weighted by Gasteiger charge is 2.36. The van der Waals surface area contributed by atoms with Gasteiger partial charge in [0.15, 0.2) is 0 Å². The van der Waals surface area contributed by atoms with Crippen LogP contribution in [0.5, 0.6) is 0 Å². The molecule has 6 heteroatoms. The number of nitrogens with zero attached hydrogens (tertiary/aromatic N) is 2. The van der Waals surface area contributed by atoms with Crippen molar-refractivity contribution < 1.29 is 9.53 Å². The van der Waals surface area contributed by atoms with Crippen molar-refractivity contribution in [1.82, 2.24) is 14.8 Å². The fourth-order valence-electron chi connectivity index (χ4n) is 4.76. The standard InChI is InChI=1S/C22H24ClN3O2/c1-14-10-25-11-16(9-17(25)13-28-14)24-22(27)12-26-20-5-3-2-4-18(20)19-8-15(23)6-7-21(19)26/h2-8,14,16-17H,9-13H2,1H3,(H,24,27)/t14-,16-,17-/m0/s1. The quantitative estimate of drug-likeness (QED) is 0.736. The molecule has 28 heavy (non-hydrogen) atoms. The summed E-state index contributed by atoms with van der Waals surface area (Å²) in [6, 6.07) is 14.6. The molecular weight excluding hydrogens is 374 g/mol. The predicted octanol–water partition coefficient (Wildman–Crippen LogP) is 3.43. The number of hydrogen-bond acceptors (Lipinski definition) is 3. The largest absolute Gasteiger partial charge is 0.376 e. The Hall–Kier alpha value is -2.08. The summed E-state index contributed by atoms with van der Waals surface area (Å²) in [6.45, 7) is 5.04. The Morgan fingerprint density at radius 3 is 2.89 bits per heavy atom. The Kier molecular flexibility index (Phi) is 4.54. The average molecular weight is 398 g/mol. The van der Waals surface area contributed by atoms with E-state index >= 15 is 0 Å². The van der Waals surface area contributed by atoms with Crippen LogP contribution >= 0.6 is 11.6 Å². The SMILES string of the molecule is C[C@H]1CN2C[C@@H](NC(=O)Cn3c4ccccc4c4cc(Cl)ccc43)C[C@H]2CO1. The lowest BCUT2D eigenvalue weighted by Crippen LogP contribution is -2.45. The third-order valence-electron chi connectivity index (χ3n) is 5.99. The van der Waals surface area contributed by atoms with Crippen LogP contribution in [0.15, 0.2) is 42.5 Å². The highest BCUT2D eigenvalue weighted by molar-refractivity contribution is 6.31. The molecular formula is C22H24ClN3O2. The molecule has 146 valence electrons. The summed E-state index contributed by atoms with van der Waals surface area (Å²) in [5.41, 5.74) is 2.09. The number of morpholine rings is 1. The van der Waals surface area contributed by atoms with E-state index < -0.39 is 0 Å². The van der Waals surface area contributed by atoms with Crippen molar-refractivity contribution in [2.75, 3.05) is 19.7 Å². The molecule has 0 saturated carbocycles. The minimum Gasteiger partial charge on any atom is -0.376 e. The second-order valence-electron chi connectivity index (χ2n) is 8.02. The number of carbonyl (C=O) groups excluding carboxylic acids is 1. The van der Waals surface area contributed by atoms with E-state index in [4.69, 9.17) is 16.3 Å². The van der Waals surface area contributed by atoms with Crippen LogP contribution in [-0.2, 0) is 16.1 Å². The Bertz CT molecular complexity index is 1050. The van der Waals surface area contributed by atoms with Crippen molar-refractivity contribution >= 4 is 39.3 Å². The van der Waals surface area contributed by atoms with Crippen LogP contribution in [0.4, 0.5) is 0 Å². The molecule has 2 aliphatic rings.